The molecule has 106 valence electrons. The lowest BCUT2D eigenvalue weighted by atomic mass is 9.98. The summed E-state index contributed by atoms with van der Waals surface area (Å²) in [6.07, 6.45) is 0. The van der Waals surface area contributed by atoms with Gasteiger partial charge in [0.15, 0.2) is 0 Å². The summed E-state index contributed by atoms with van der Waals surface area (Å²) in [6, 6.07) is 8.94. The zero-order chi connectivity index (χ0) is 14.7. The molecule has 0 spiro atoms. The van der Waals surface area contributed by atoms with Gasteiger partial charge in [0.1, 0.15) is 17.4 Å². The number of hydrogen-bond acceptors (Lipinski definition) is 2. The Balaban J connectivity index is 2.43. The molecular weight excluding hydrogens is 328 g/mol. The second-order valence-corrected chi connectivity index (χ2v) is 5.14. The van der Waals surface area contributed by atoms with Crippen molar-refractivity contribution in [3.8, 4) is 5.75 Å². The predicted octanol–water partition coefficient (Wildman–Crippen LogP) is 4.04. The molecule has 0 amide bonds. The molecule has 0 aromatic heterocycles. The highest BCUT2D eigenvalue weighted by molar-refractivity contribution is 9.10. The second-order valence-electron chi connectivity index (χ2n) is 4.28. The number of benzene rings is 2. The molecule has 0 fully saturated rings. The van der Waals surface area contributed by atoms with E-state index in [9.17, 15) is 8.78 Å². The molecule has 0 aliphatic carbocycles. The van der Waals surface area contributed by atoms with Crippen LogP contribution in [0.3, 0.4) is 0 Å². The fourth-order valence-corrected chi connectivity index (χ4v) is 2.46. The molecular formula is C15H14BrF2NO. The minimum Gasteiger partial charge on any atom is -0.497 e. The molecule has 0 heterocycles. The van der Waals surface area contributed by atoms with Crippen LogP contribution in [-0.4, -0.2) is 14.2 Å². The van der Waals surface area contributed by atoms with Crippen molar-refractivity contribution in [1.82, 2.24) is 5.32 Å². The summed E-state index contributed by atoms with van der Waals surface area (Å²) in [5, 5.41) is 3.04. The maximum atomic E-state index is 14.1. The monoisotopic (exact) mass is 341 g/mol. The van der Waals surface area contributed by atoms with E-state index in [1.165, 1.54) is 19.2 Å². The van der Waals surface area contributed by atoms with Crippen molar-refractivity contribution in [2.45, 2.75) is 6.04 Å². The van der Waals surface area contributed by atoms with Crippen LogP contribution in [0.25, 0.3) is 0 Å². The third-order valence-electron chi connectivity index (χ3n) is 3.08. The number of hydrogen-bond donors (Lipinski definition) is 1. The Hall–Kier alpha value is -1.46. The van der Waals surface area contributed by atoms with Gasteiger partial charge in [0.05, 0.1) is 17.6 Å². The van der Waals surface area contributed by atoms with Crippen molar-refractivity contribution in [1.29, 1.82) is 0 Å². The summed E-state index contributed by atoms with van der Waals surface area (Å²) >= 11 is 3.14. The first kappa shape index (κ1) is 14.9. The van der Waals surface area contributed by atoms with Crippen LogP contribution in [0.5, 0.6) is 5.75 Å². The highest BCUT2D eigenvalue weighted by Gasteiger charge is 2.17. The normalized spacial score (nSPS) is 12.2. The van der Waals surface area contributed by atoms with E-state index in [1.807, 2.05) is 0 Å². The summed E-state index contributed by atoms with van der Waals surface area (Å²) in [4.78, 5) is 0. The number of ether oxygens (including phenoxy) is 1. The van der Waals surface area contributed by atoms with E-state index < -0.39 is 0 Å². The Kier molecular flexibility index (Phi) is 4.73. The number of halogens is 3. The fourth-order valence-electron chi connectivity index (χ4n) is 2.06. The SMILES string of the molecule is CNC(c1ccc(F)c(Br)c1)c1ccc(OC)cc1F. The standard InChI is InChI=1S/C15H14BrF2NO/c1-19-15(9-3-6-13(17)12(16)7-9)11-5-4-10(20-2)8-14(11)18/h3-8,15,19H,1-2H3. The summed E-state index contributed by atoms with van der Waals surface area (Å²) in [7, 11) is 3.21. The van der Waals surface area contributed by atoms with Crippen LogP contribution in [0.4, 0.5) is 8.78 Å². The lowest BCUT2D eigenvalue weighted by Gasteiger charge is -2.19. The summed E-state index contributed by atoms with van der Waals surface area (Å²) in [5.74, 6) is -0.260. The lowest BCUT2D eigenvalue weighted by Crippen LogP contribution is -2.19. The van der Waals surface area contributed by atoms with Gasteiger partial charge in [0.2, 0.25) is 0 Å². The van der Waals surface area contributed by atoms with E-state index in [1.54, 1.807) is 31.3 Å². The van der Waals surface area contributed by atoms with Crippen molar-refractivity contribution >= 4 is 15.9 Å². The molecule has 1 N–H and O–H groups in total. The van der Waals surface area contributed by atoms with Gasteiger partial charge in [0.25, 0.3) is 0 Å². The molecule has 0 saturated carbocycles. The van der Waals surface area contributed by atoms with Crippen LogP contribution in [-0.2, 0) is 0 Å². The molecule has 0 aliphatic heterocycles. The quantitative estimate of drug-likeness (QED) is 0.905. The summed E-state index contributed by atoms with van der Waals surface area (Å²) in [6.45, 7) is 0. The maximum absolute atomic E-state index is 14.1. The topological polar surface area (TPSA) is 21.3 Å². The average molecular weight is 342 g/mol. The molecule has 0 aliphatic rings. The van der Waals surface area contributed by atoms with E-state index in [2.05, 4.69) is 21.2 Å². The van der Waals surface area contributed by atoms with Gasteiger partial charge in [-0.05, 0) is 46.7 Å². The number of nitrogens with one attached hydrogen (secondary N) is 1. The second kappa shape index (κ2) is 6.33. The minimum atomic E-state index is -0.371. The van der Waals surface area contributed by atoms with Crippen molar-refractivity contribution in [3.63, 3.8) is 0 Å². The van der Waals surface area contributed by atoms with Crippen molar-refractivity contribution < 1.29 is 13.5 Å². The first-order valence-corrected chi connectivity index (χ1v) is 6.81. The van der Waals surface area contributed by atoms with Gasteiger partial charge in [-0.3, -0.25) is 0 Å². The number of methoxy groups -OCH3 is 1. The van der Waals surface area contributed by atoms with Crippen LogP contribution in [0.1, 0.15) is 17.2 Å². The highest BCUT2D eigenvalue weighted by Crippen LogP contribution is 2.29. The Morgan fingerprint density at radius 3 is 2.40 bits per heavy atom. The van der Waals surface area contributed by atoms with Gasteiger partial charge in [-0.25, -0.2) is 8.78 Å². The van der Waals surface area contributed by atoms with Gasteiger partial charge < -0.3 is 10.1 Å². The largest absolute Gasteiger partial charge is 0.497 e. The molecule has 1 unspecified atom stereocenters. The van der Waals surface area contributed by atoms with E-state index in [0.29, 0.717) is 15.8 Å². The van der Waals surface area contributed by atoms with Gasteiger partial charge in [-0.1, -0.05) is 12.1 Å². The van der Waals surface area contributed by atoms with E-state index in [4.69, 9.17) is 4.74 Å². The smallest absolute Gasteiger partial charge is 0.137 e. The fraction of sp³-hybridized carbons (Fsp3) is 0.200. The summed E-state index contributed by atoms with van der Waals surface area (Å²) < 4.78 is 32.8. The molecule has 0 bridgehead atoms. The Bertz CT molecular complexity index is 619. The van der Waals surface area contributed by atoms with Crippen molar-refractivity contribution in [2.75, 3.05) is 14.2 Å². The molecule has 2 rings (SSSR count). The lowest BCUT2D eigenvalue weighted by molar-refractivity contribution is 0.410. The van der Waals surface area contributed by atoms with Crippen LogP contribution >= 0.6 is 15.9 Å². The Labute approximate surface area is 124 Å². The van der Waals surface area contributed by atoms with Gasteiger partial charge >= 0.3 is 0 Å². The van der Waals surface area contributed by atoms with Crippen LogP contribution in [0.15, 0.2) is 40.9 Å². The zero-order valence-electron chi connectivity index (χ0n) is 11.1. The van der Waals surface area contributed by atoms with Crippen LogP contribution in [0.2, 0.25) is 0 Å². The van der Waals surface area contributed by atoms with Crippen molar-refractivity contribution in [2.24, 2.45) is 0 Å². The average Bonchev–Trinajstić information content (AvgIpc) is 2.45. The molecule has 20 heavy (non-hydrogen) atoms. The molecule has 0 radical (unpaired) electrons. The predicted molar refractivity (Wildman–Crippen MR) is 78.0 cm³/mol. The maximum Gasteiger partial charge on any atom is 0.137 e. The Morgan fingerprint density at radius 1 is 1.10 bits per heavy atom. The van der Waals surface area contributed by atoms with E-state index in [0.717, 1.165) is 5.56 Å². The van der Waals surface area contributed by atoms with Gasteiger partial charge in [0, 0.05) is 11.6 Å². The molecule has 0 saturated heterocycles. The minimum absolute atomic E-state index is 0.348. The number of rotatable bonds is 4. The highest BCUT2D eigenvalue weighted by atomic mass is 79.9. The zero-order valence-corrected chi connectivity index (χ0v) is 12.7. The molecule has 1 atom stereocenters. The van der Waals surface area contributed by atoms with Gasteiger partial charge in [-0.2, -0.15) is 0 Å². The third kappa shape index (κ3) is 2.99. The van der Waals surface area contributed by atoms with E-state index in [-0.39, 0.29) is 17.7 Å². The third-order valence-corrected chi connectivity index (χ3v) is 3.69. The first-order chi connectivity index (χ1) is 9.56. The molecule has 2 aromatic rings. The van der Waals surface area contributed by atoms with Gasteiger partial charge in [-0.15, -0.1) is 0 Å². The molecule has 2 nitrogen and oxygen atoms in total. The molecule has 2 aromatic carbocycles. The van der Waals surface area contributed by atoms with Crippen molar-refractivity contribution in [3.05, 3.63) is 63.6 Å². The van der Waals surface area contributed by atoms with Crippen LogP contribution < -0.4 is 10.1 Å². The Morgan fingerprint density at radius 2 is 1.85 bits per heavy atom. The first-order valence-electron chi connectivity index (χ1n) is 6.02. The molecule has 5 heteroatoms. The van der Waals surface area contributed by atoms with E-state index >= 15 is 0 Å². The van der Waals surface area contributed by atoms with Crippen LogP contribution in [0, 0.1) is 11.6 Å². The summed E-state index contributed by atoms with van der Waals surface area (Å²) in [5.41, 5.74) is 1.25.